The van der Waals surface area contributed by atoms with Crippen LogP contribution in [0.3, 0.4) is 0 Å². The summed E-state index contributed by atoms with van der Waals surface area (Å²) in [6.07, 6.45) is 4.22. The van der Waals surface area contributed by atoms with Gasteiger partial charge in [-0.15, -0.1) is 0 Å². The summed E-state index contributed by atoms with van der Waals surface area (Å²) in [6.45, 7) is 1.90. The number of nitrogens with zero attached hydrogens (tertiary/aromatic N) is 3. The SMILES string of the molecule is CC(C(=O)N(C)C)n1ccc2c(Cc3c(Cl)cccc3Cl)nccc21. The van der Waals surface area contributed by atoms with E-state index in [9.17, 15) is 4.79 Å². The van der Waals surface area contributed by atoms with Crippen LogP contribution in [-0.4, -0.2) is 34.5 Å². The average molecular weight is 376 g/mol. The molecule has 3 aromatic rings. The molecular formula is C19H19Cl2N3O. The number of rotatable bonds is 4. The van der Waals surface area contributed by atoms with Crippen molar-refractivity contribution in [3.8, 4) is 0 Å². The number of halogens is 2. The van der Waals surface area contributed by atoms with Crippen LogP contribution in [0.1, 0.15) is 24.2 Å². The zero-order valence-electron chi connectivity index (χ0n) is 14.3. The molecule has 0 saturated carbocycles. The maximum atomic E-state index is 12.3. The van der Waals surface area contributed by atoms with Gasteiger partial charge in [-0.2, -0.15) is 0 Å². The summed E-state index contributed by atoms with van der Waals surface area (Å²) in [5.41, 5.74) is 2.71. The summed E-state index contributed by atoms with van der Waals surface area (Å²) in [5.74, 6) is 0.0463. The fraction of sp³-hybridized carbons (Fsp3) is 0.263. The van der Waals surface area contributed by atoms with Gasteiger partial charge in [0, 0.05) is 48.3 Å². The summed E-state index contributed by atoms with van der Waals surface area (Å²) in [6, 6.07) is 9.10. The molecular weight excluding hydrogens is 357 g/mol. The van der Waals surface area contributed by atoms with Gasteiger partial charge in [-0.05, 0) is 36.8 Å². The van der Waals surface area contributed by atoms with E-state index in [1.54, 1.807) is 25.2 Å². The molecule has 0 aliphatic rings. The first kappa shape index (κ1) is 17.8. The molecule has 25 heavy (non-hydrogen) atoms. The van der Waals surface area contributed by atoms with Crippen LogP contribution in [0.2, 0.25) is 10.0 Å². The topological polar surface area (TPSA) is 38.1 Å². The van der Waals surface area contributed by atoms with Crippen molar-refractivity contribution in [3.05, 3.63) is 64.0 Å². The zero-order valence-corrected chi connectivity index (χ0v) is 15.8. The third kappa shape index (κ3) is 3.37. The number of benzene rings is 1. The van der Waals surface area contributed by atoms with Crippen molar-refractivity contribution in [3.63, 3.8) is 0 Å². The Morgan fingerprint density at radius 1 is 1.20 bits per heavy atom. The number of amides is 1. The predicted octanol–water partition coefficient (Wildman–Crippen LogP) is 4.58. The van der Waals surface area contributed by atoms with Crippen molar-refractivity contribution in [2.75, 3.05) is 14.1 Å². The van der Waals surface area contributed by atoms with E-state index in [-0.39, 0.29) is 11.9 Å². The Labute approximate surface area is 157 Å². The van der Waals surface area contributed by atoms with E-state index in [2.05, 4.69) is 4.98 Å². The first-order valence-corrected chi connectivity index (χ1v) is 8.74. The van der Waals surface area contributed by atoms with Gasteiger partial charge in [0.1, 0.15) is 6.04 Å². The first-order valence-electron chi connectivity index (χ1n) is 7.98. The molecule has 0 radical (unpaired) electrons. The molecule has 1 atom stereocenters. The molecule has 1 unspecified atom stereocenters. The Morgan fingerprint density at radius 2 is 1.88 bits per heavy atom. The quantitative estimate of drug-likeness (QED) is 0.668. The highest BCUT2D eigenvalue weighted by Crippen LogP contribution is 2.30. The number of carbonyl (C=O) groups excluding carboxylic acids is 1. The Bertz CT molecular complexity index is 913. The molecule has 1 amide bonds. The number of likely N-dealkylation sites (N-methyl/N-ethyl adjacent to an activating group) is 1. The van der Waals surface area contributed by atoms with Gasteiger partial charge >= 0.3 is 0 Å². The van der Waals surface area contributed by atoms with Gasteiger partial charge in [0.25, 0.3) is 0 Å². The molecule has 1 aromatic carbocycles. The van der Waals surface area contributed by atoms with Crippen LogP contribution >= 0.6 is 23.2 Å². The maximum absolute atomic E-state index is 12.3. The van der Waals surface area contributed by atoms with E-state index in [0.29, 0.717) is 16.5 Å². The molecule has 0 aliphatic heterocycles. The largest absolute Gasteiger partial charge is 0.347 e. The highest BCUT2D eigenvalue weighted by atomic mass is 35.5. The molecule has 0 saturated heterocycles. The first-order chi connectivity index (χ1) is 11.9. The molecule has 2 heterocycles. The van der Waals surface area contributed by atoms with Crippen molar-refractivity contribution in [1.82, 2.24) is 14.5 Å². The highest BCUT2D eigenvalue weighted by molar-refractivity contribution is 6.36. The fourth-order valence-electron chi connectivity index (χ4n) is 2.99. The normalized spacial score (nSPS) is 12.4. The third-order valence-corrected chi connectivity index (χ3v) is 5.06. The van der Waals surface area contributed by atoms with Crippen molar-refractivity contribution in [1.29, 1.82) is 0 Å². The molecule has 130 valence electrons. The minimum Gasteiger partial charge on any atom is -0.347 e. The van der Waals surface area contributed by atoms with Crippen LogP contribution in [-0.2, 0) is 11.2 Å². The lowest BCUT2D eigenvalue weighted by Crippen LogP contribution is -2.29. The number of hydrogen-bond donors (Lipinski definition) is 0. The maximum Gasteiger partial charge on any atom is 0.244 e. The number of pyridine rings is 1. The molecule has 2 aromatic heterocycles. The molecule has 0 N–H and O–H groups in total. The van der Waals surface area contributed by atoms with E-state index in [0.717, 1.165) is 22.2 Å². The zero-order chi connectivity index (χ0) is 18.1. The Morgan fingerprint density at radius 3 is 2.52 bits per heavy atom. The van der Waals surface area contributed by atoms with Crippen LogP contribution in [0.15, 0.2) is 42.7 Å². The molecule has 4 nitrogen and oxygen atoms in total. The van der Waals surface area contributed by atoms with Crippen LogP contribution in [0.5, 0.6) is 0 Å². The Kier molecular flexibility index (Phi) is 5.02. The lowest BCUT2D eigenvalue weighted by Gasteiger charge is -2.19. The van der Waals surface area contributed by atoms with Gasteiger partial charge in [0.15, 0.2) is 0 Å². The monoisotopic (exact) mass is 375 g/mol. The standard InChI is InChI=1S/C19H19Cl2N3O/c1-12(19(25)23(2)3)24-10-8-13-17(22-9-7-18(13)24)11-14-15(20)5-4-6-16(14)21/h4-10,12H,11H2,1-3H3. The molecule has 0 bridgehead atoms. The van der Waals surface area contributed by atoms with Gasteiger partial charge in [-0.1, -0.05) is 29.3 Å². The summed E-state index contributed by atoms with van der Waals surface area (Å²) < 4.78 is 1.97. The van der Waals surface area contributed by atoms with E-state index < -0.39 is 0 Å². The van der Waals surface area contributed by atoms with Gasteiger partial charge < -0.3 is 9.47 Å². The second kappa shape index (κ2) is 7.06. The van der Waals surface area contributed by atoms with Crippen molar-refractivity contribution >= 4 is 40.0 Å². The molecule has 0 spiro atoms. The molecule has 0 fully saturated rings. The van der Waals surface area contributed by atoms with Crippen LogP contribution in [0, 0.1) is 0 Å². The van der Waals surface area contributed by atoms with E-state index >= 15 is 0 Å². The fourth-order valence-corrected chi connectivity index (χ4v) is 3.52. The number of aromatic nitrogens is 2. The smallest absolute Gasteiger partial charge is 0.244 e. The molecule has 0 aliphatic carbocycles. The number of fused-ring (bicyclic) bond motifs is 1. The van der Waals surface area contributed by atoms with E-state index in [1.807, 2.05) is 48.0 Å². The van der Waals surface area contributed by atoms with E-state index in [4.69, 9.17) is 23.2 Å². The van der Waals surface area contributed by atoms with Crippen molar-refractivity contribution in [2.24, 2.45) is 0 Å². The lowest BCUT2D eigenvalue weighted by atomic mass is 10.1. The summed E-state index contributed by atoms with van der Waals surface area (Å²) in [5, 5.41) is 2.25. The van der Waals surface area contributed by atoms with Crippen LogP contribution < -0.4 is 0 Å². The summed E-state index contributed by atoms with van der Waals surface area (Å²) >= 11 is 12.6. The van der Waals surface area contributed by atoms with Crippen molar-refractivity contribution < 1.29 is 4.79 Å². The average Bonchev–Trinajstić information content (AvgIpc) is 3.01. The molecule has 6 heteroatoms. The van der Waals surface area contributed by atoms with Gasteiger partial charge in [0.05, 0.1) is 11.2 Å². The second-order valence-electron chi connectivity index (χ2n) is 6.20. The predicted molar refractivity (Wildman–Crippen MR) is 102 cm³/mol. The number of carbonyl (C=O) groups is 1. The van der Waals surface area contributed by atoms with Crippen molar-refractivity contribution in [2.45, 2.75) is 19.4 Å². The summed E-state index contributed by atoms with van der Waals surface area (Å²) in [4.78, 5) is 18.4. The minimum absolute atomic E-state index is 0.0463. The van der Waals surface area contributed by atoms with Gasteiger partial charge in [-0.3, -0.25) is 9.78 Å². The Balaban J connectivity index is 2.03. The van der Waals surface area contributed by atoms with Gasteiger partial charge in [0.2, 0.25) is 5.91 Å². The minimum atomic E-state index is -0.286. The number of hydrogen-bond acceptors (Lipinski definition) is 2. The third-order valence-electron chi connectivity index (χ3n) is 4.35. The second-order valence-corrected chi connectivity index (χ2v) is 7.01. The Hall–Kier alpha value is -2.04. The van der Waals surface area contributed by atoms with E-state index in [1.165, 1.54) is 0 Å². The van der Waals surface area contributed by atoms with Gasteiger partial charge in [-0.25, -0.2) is 0 Å². The van der Waals surface area contributed by atoms with Crippen LogP contribution in [0.4, 0.5) is 0 Å². The molecule has 3 rings (SSSR count). The lowest BCUT2D eigenvalue weighted by molar-refractivity contribution is -0.131. The summed E-state index contributed by atoms with van der Waals surface area (Å²) in [7, 11) is 3.52. The highest BCUT2D eigenvalue weighted by Gasteiger charge is 2.19. The van der Waals surface area contributed by atoms with Crippen LogP contribution in [0.25, 0.3) is 10.9 Å².